The Labute approximate surface area is 80.4 Å². The first-order valence-corrected chi connectivity index (χ1v) is 4.06. The molecule has 1 aromatic carbocycles. The maximum Gasteiger partial charge on any atom is 0.138 e. The predicted molar refractivity (Wildman–Crippen MR) is 54.5 cm³/mol. The molecule has 72 valence electrons. The molecule has 0 saturated carbocycles. The molecular formula is C9H10N4O. The third kappa shape index (κ3) is 1.24. The zero-order valence-corrected chi connectivity index (χ0v) is 7.36. The Balaban J connectivity index is 2.53. The van der Waals surface area contributed by atoms with Crippen LogP contribution in [0.15, 0.2) is 24.4 Å². The van der Waals surface area contributed by atoms with E-state index < -0.39 is 0 Å². The van der Waals surface area contributed by atoms with Crippen LogP contribution in [0, 0.1) is 0 Å². The van der Waals surface area contributed by atoms with Crippen LogP contribution < -0.4 is 11.5 Å². The van der Waals surface area contributed by atoms with Gasteiger partial charge in [0.05, 0.1) is 11.9 Å². The van der Waals surface area contributed by atoms with E-state index in [0.29, 0.717) is 11.5 Å². The van der Waals surface area contributed by atoms with Crippen molar-refractivity contribution in [1.82, 2.24) is 10.2 Å². The topological polar surface area (TPSA) is 101 Å². The molecule has 14 heavy (non-hydrogen) atoms. The van der Waals surface area contributed by atoms with Gasteiger partial charge in [-0.2, -0.15) is 5.10 Å². The van der Waals surface area contributed by atoms with Crippen molar-refractivity contribution >= 4 is 11.5 Å². The van der Waals surface area contributed by atoms with Crippen LogP contribution in [0.3, 0.4) is 0 Å². The number of phenols is 1. The summed E-state index contributed by atoms with van der Waals surface area (Å²) in [5.74, 6) is 0.547. The summed E-state index contributed by atoms with van der Waals surface area (Å²) in [6.45, 7) is 0. The Morgan fingerprint density at radius 3 is 2.64 bits per heavy atom. The fourth-order valence-corrected chi connectivity index (χ4v) is 1.25. The van der Waals surface area contributed by atoms with Crippen LogP contribution in [0.5, 0.6) is 5.75 Å². The molecule has 1 heterocycles. The van der Waals surface area contributed by atoms with Crippen molar-refractivity contribution in [2.75, 3.05) is 11.5 Å². The number of aromatic amines is 1. The highest BCUT2D eigenvalue weighted by Crippen LogP contribution is 2.29. The summed E-state index contributed by atoms with van der Waals surface area (Å²) >= 11 is 0. The molecule has 5 heteroatoms. The number of aromatic nitrogens is 2. The molecule has 5 nitrogen and oxygen atoms in total. The van der Waals surface area contributed by atoms with Gasteiger partial charge in [0.25, 0.3) is 0 Å². The van der Waals surface area contributed by atoms with Gasteiger partial charge in [0, 0.05) is 5.56 Å². The fraction of sp³-hybridized carbons (Fsp3) is 0. The maximum atomic E-state index is 9.23. The van der Waals surface area contributed by atoms with Crippen LogP contribution in [0.25, 0.3) is 11.1 Å². The summed E-state index contributed by atoms with van der Waals surface area (Å²) in [5, 5.41) is 15.7. The minimum absolute atomic E-state index is 0.0656. The van der Waals surface area contributed by atoms with Gasteiger partial charge in [-0.1, -0.05) is 6.07 Å². The number of hydrogen-bond donors (Lipinski definition) is 4. The van der Waals surface area contributed by atoms with Gasteiger partial charge in [0.2, 0.25) is 0 Å². The lowest BCUT2D eigenvalue weighted by atomic mass is 10.1. The van der Waals surface area contributed by atoms with Crippen molar-refractivity contribution in [2.45, 2.75) is 0 Å². The number of nitrogens with one attached hydrogen (secondary N) is 1. The van der Waals surface area contributed by atoms with Gasteiger partial charge in [0.1, 0.15) is 11.6 Å². The second-order valence-corrected chi connectivity index (χ2v) is 2.97. The molecule has 2 aromatic rings. The number of nitrogen functional groups attached to an aromatic ring is 2. The van der Waals surface area contributed by atoms with Crippen LogP contribution in [0.2, 0.25) is 0 Å². The molecule has 0 radical (unpaired) electrons. The number of aromatic hydroxyl groups is 1. The Bertz CT molecular complexity index is 464. The molecule has 0 unspecified atom stereocenters. The molecule has 0 atom stereocenters. The van der Waals surface area contributed by atoms with Crippen molar-refractivity contribution in [3.05, 3.63) is 24.4 Å². The first kappa shape index (κ1) is 8.43. The van der Waals surface area contributed by atoms with E-state index in [-0.39, 0.29) is 5.75 Å². The lowest BCUT2D eigenvalue weighted by Gasteiger charge is -2.02. The first-order chi connectivity index (χ1) is 6.68. The molecule has 0 aliphatic rings. The van der Waals surface area contributed by atoms with Crippen LogP contribution in [0.1, 0.15) is 0 Å². The SMILES string of the molecule is Nc1cc(-c2cn[nH]c2N)ccc1O. The average molecular weight is 190 g/mol. The maximum absolute atomic E-state index is 9.23. The molecule has 0 aliphatic heterocycles. The number of nitrogens with two attached hydrogens (primary N) is 2. The molecular weight excluding hydrogens is 180 g/mol. The van der Waals surface area contributed by atoms with Gasteiger partial charge in [-0.25, -0.2) is 0 Å². The van der Waals surface area contributed by atoms with E-state index in [1.54, 1.807) is 18.3 Å². The van der Waals surface area contributed by atoms with Gasteiger partial charge >= 0.3 is 0 Å². The van der Waals surface area contributed by atoms with Crippen LogP contribution in [0.4, 0.5) is 11.5 Å². The summed E-state index contributed by atoms with van der Waals surface area (Å²) in [7, 11) is 0. The smallest absolute Gasteiger partial charge is 0.138 e. The minimum atomic E-state index is 0.0656. The van der Waals surface area contributed by atoms with Crippen LogP contribution >= 0.6 is 0 Å². The summed E-state index contributed by atoms with van der Waals surface area (Å²) in [4.78, 5) is 0. The molecule has 2 rings (SSSR count). The van der Waals surface area contributed by atoms with Crippen molar-refractivity contribution in [3.8, 4) is 16.9 Å². The molecule has 1 aromatic heterocycles. The van der Waals surface area contributed by atoms with E-state index in [2.05, 4.69) is 10.2 Å². The Morgan fingerprint density at radius 1 is 1.29 bits per heavy atom. The van der Waals surface area contributed by atoms with Crippen molar-refractivity contribution in [2.24, 2.45) is 0 Å². The Hall–Kier alpha value is -2.17. The highest BCUT2D eigenvalue weighted by Gasteiger charge is 2.06. The first-order valence-electron chi connectivity index (χ1n) is 4.06. The van der Waals surface area contributed by atoms with E-state index in [1.807, 2.05) is 0 Å². The van der Waals surface area contributed by atoms with Gasteiger partial charge < -0.3 is 16.6 Å². The van der Waals surface area contributed by atoms with Crippen LogP contribution in [-0.4, -0.2) is 15.3 Å². The Kier molecular flexibility index (Phi) is 1.78. The zero-order chi connectivity index (χ0) is 10.1. The molecule has 6 N–H and O–H groups in total. The lowest BCUT2D eigenvalue weighted by molar-refractivity contribution is 0.478. The third-order valence-corrected chi connectivity index (χ3v) is 2.01. The number of benzene rings is 1. The summed E-state index contributed by atoms with van der Waals surface area (Å²) in [6, 6.07) is 4.90. The quantitative estimate of drug-likeness (QED) is 0.397. The molecule has 0 fully saturated rings. The minimum Gasteiger partial charge on any atom is -0.506 e. The van der Waals surface area contributed by atoms with Crippen molar-refractivity contribution < 1.29 is 5.11 Å². The van der Waals surface area contributed by atoms with Crippen molar-refractivity contribution in [1.29, 1.82) is 0 Å². The molecule has 0 bridgehead atoms. The zero-order valence-electron chi connectivity index (χ0n) is 7.36. The van der Waals surface area contributed by atoms with E-state index in [0.717, 1.165) is 11.1 Å². The predicted octanol–water partition coefficient (Wildman–Crippen LogP) is 0.947. The number of phenolic OH excluding ortho intramolecular Hbond substituents is 1. The fourth-order valence-electron chi connectivity index (χ4n) is 1.25. The number of rotatable bonds is 1. The highest BCUT2D eigenvalue weighted by molar-refractivity contribution is 5.76. The number of nitrogens with zero attached hydrogens (tertiary/aromatic N) is 1. The van der Waals surface area contributed by atoms with E-state index in [9.17, 15) is 5.11 Å². The van der Waals surface area contributed by atoms with Crippen molar-refractivity contribution in [3.63, 3.8) is 0 Å². The van der Waals surface area contributed by atoms with Gasteiger partial charge in [0.15, 0.2) is 0 Å². The van der Waals surface area contributed by atoms with E-state index >= 15 is 0 Å². The summed E-state index contributed by atoms with van der Waals surface area (Å²) in [6.07, 6.45) is 1.61. The molecule has 0 spiro atoms. The monoisotopic (exact) mass is 190 g/mol. The summed E-state index contributed by atoms with van der Waals surface area (Å²) < 4.78 is 0. The van der Waals surface area contributed by atoms with E-state index in [1.165, 1.54) is 6.07 Å². The van der Waals surface area contributed by atoms with Gasteiger partial charge in [-0.3, -0.25) is 5.10 Å². The van der Waals surface area contributed by atoms with Gasteiger partial charge in [-0.15, -0.1) is 0 Å². The Morgan fingerprint density at radius 2 is 2.07 bits per heavy atom. The summed E-state index contributed by atoms with van der Waals surface area (Å²) in [5.41, 5.74) is 13.1. The average Bonchev–Trinajstić information content (AvgIpc) is 2.57. The largest absolute Gasteiger partial charge is 0.506 e. The molecule has 0 aliphatic carbocycles. The normalized spacial score (nSPS) is 10.3. The van der Waals surface area contributed by atoms with Crippen LogP contribution in [-0.2, 0) is 0 Å². The molecule has 0 saturated heterocycles. The second-order valence-electron chi connectivity index (χ2n) is 2.97. The number of hydrogen-bond acceptors (Lipinski definition) is 4. The number of anilines is 2. The number of H-pyrrole nitrogens is 1. The lowest BCUT2D eigenvalue weighted by Crippen LogP contribution is -1.89. The third-order valence-electron chi connectivity index (χ3n) is 2.01. The molecule has 0 amide bonds. The van der Waals surface area contributed by atoms with Gasteiger partial charge in [-0.05, 0) is 17.7 Å². The second kappa shape index (κ2) is 2.95. The highest BCUT2D eigenvalue weighted by atomic mass is 16.3. The van der Waals surface area contributed by atoms with E-state index in [4.69, 9.17) is 11.5 Å². The standard InChI is InChI=1S/C9H10N4O/c10-7-3-5(1-2-8(7)14)6-4-12-13-9(6)11/h1-4,14H,10H2,(H3,11,12,13).